The van der Waals surface area contributed by atoms with Gasteiger partial charge < -0.3 is 24.1 Å². The van der Waals surface area contributed by atoms with Gasteiger partial charge in [0.1, 0.15) is 22.8 Å². The third kappa shape index (κ3) is 5.34. The number of methoxy groups -OCH3 is 2. The minimum atomic E-state index is -0.397. The lowest BCUT2D eigenvalue weighted by molar-refractivity contribution is 0.0453. The topological polar surface area (TPSA) is 74.2 Å². The van der Waals surface area contributed by atoms with E-state index in [1.807, 2.05) is 30.3 Å². The van der Waals surface area contributed by atoms with Crippen molar-refractivity contribution in [3.05, 3.63) is 59.7 Å². The summed E-state index contributed by atoms with van der Waals surface area (Å²) in [5.74, 6) is -0.169. The summed E-state index contributed by atoms with van der Waals surface area (Å²) in [5.41, 5.74) is 0.906. The monoisotopic (exact) mass is 344 g/mol. The summed E-state index contributed by atoms with van der Waals surface area (Å²) in [6.45, 7) is -0.0692. The molecule has 0 unspecified atom stereocenters. The van der Waals surface area contributed by atoms with Crippen LogP contribution in [0, 0.1) is 0 Å². The van der Waals surface area contributed by atoms with Crippen molar-refractivity contribution < 1.29 is 28.8 Å². The van der Waals surface area contributed by atoms with Gasteiger partial charge in [-0.25, -0.2) is 0 Å². The summed E-state index contributed by atoms with van der Waals surface area (Å²) < 4.78 is 20.4. The molecule has 0 saturated heterocycles. The highest BCUT2D eigenvalue weighted by Crippen LogP contribution is 2.34. The molecule has 2 rings (SSSR count). The zero-order valence-corrected chi connectivity index (χ0v) is 14.1. The van der Waals surface area contributed by atoms with Crippen LogP contribution in [0.3, 0.4) is 0 Å². The summed E-state index contributed by atoms with van der Waals surface area (Å²) in [6.07, 6.45) is 3.04. The van der Waals surface area contributed by atoms with E-state index in [1.165, 1.54) is 32.4 Å². The SMILES string of the molecule is COCOc1cc(O)c(C(=O)C=Cc2ccccc2)c(OCOC)c1. The van der Waals surface area contributed by atoms with E-state index in [0.717, 1.165) is 5.56 Å². The van der Waals surface area contributed by atoms with Gasteiger partial charge in [-0.15, -0.1) is 0 Å². The van der Waals surface area contributed by atoms with Crippen LogP contribution in [0.15, 0.2) is 48.5 Å². The molecule has 25 heavy (non-hydrogen) atoms. The Hall–Kier alpha value is -2.83. The van der Waals surface area contributed by atoms with Gasteiger partial charge in [0.05, 0.1) is 0 Å². The molecule has 0 atom stereocenters. The highest BCUT2D eigenvalue weighted by Gasteiger charge is 2.18. The maximum absolute atomic E-state index is 12.5. The van der Waals surface area contributed by atoms with E-state index in [1.54, 1.807) is 6.08 Å². The van der Waals surface area contributed by atoms with Crippen LogP contribution < -0.4 is 9.47 Å². The molecular weight excluding hydrogens is 324 g/mol. The van der Waals surface area contributed by atoms with Gasteiger partial charge in [-0.3, -0.25) is 4.79 Å². The molecule has 0 aliphatic heterocycles. The molecule has 1 N–H and O–H groups in total. The number of aromatic hydroxyl groups is 1. The standard InChI is InChI=1S/C19H20O6/c1-22-12-24-15-10-17(21)19(18(11-15)25-13-23-2)16(20)9-8-14-6-4-3-5-7-14/h3-11,21H,12-13H2,1-2H3. The molecule has 0 saturated carbocycles. The molecule has 0 heterocycles. The van der Waals surface area contributed by atoms with Crippen molar-refractivity contribution in [2.75, 3.05) is 27.8 Å². The highest BCUT2D eigenvalue weighted by molar-refractivity contribution is 6.10. The minimum absolute atomic E-state index is 0.00433. The van der Waals surface area contributed by atoms with Crippen molar-refractivity contribution in [1.82, 2.24) is 0 Å². The molecule has 6 nitrogen and oxygen atoms in total. The van der Waals surface area contributed by atoms with E-state index < -0.39 is 5.78 Å². The van der Waals surface area contributed by atoms with E-state index in [9.17, 15) is 9.90 Å². The number of ketones is 1. The van der Waals surface area contributed by atoms with Gasteiger partial charge in [-0.2, -0.15) is 0 Å². The van der Waals surface area contributed by atoms with Crippen LogP contribution in [0.25, 0.3) is 6.08 Å². The first-order chi connectivity index (χ1) is 12.2. The molecule has 0 aromatic heterocycles. The van der Waals surface area contributed by atoms with E-state index >= 15 is 0 Å². The van der Waals surface area contributed by atoms with Crippen LogP contribution in [0.4, 0.5) is 0 Å². The minimum Gasteiger partial charge on any atom is -0.507 e. The van der Waals surface area contributed by atoms with Crippen LogP contribution in [0.2, 0.25) is 0 Å². The van der Waals surface area contributed by atoms with Crippen molar-refractivity contribution in [3.8, 4) is 17.2 Å². The van der Waals surface area contributed by atoms with Crippen molar-refractivity contribution in [1.29, 1.82) is 0 Å². The Morgan fingerprint density at radius 3 is 2.40 bits per heavy atom. The molecule has 132 valence electrons. The van der Waals surface area contributed by atoms with Crippen molar-refractivity contribution in [2.45, 2.75) is 0 Å². The Bertz CT molecular complexity index is 724. The van der Waals surface area contributed by atoms with Gasteiger partial charge >= 0.3 is 0 Å². The van der Waals surface area contributed by atoms with Crippen molar-refractivity contribution in [3.63, 3.8) is 0 Å². The fraction of sp³-hybridized carbons (Fsp3) is 0.211. The second-order valence-corrected chi connectivity index (χ2v) is 5.03. The number of rotatable bonds is 9. The van der Waals surface area contributed by atoms with E-state index in [-0.39, 0.29) is 30.6 Å². The zero-order chi connectivity index (χ0) is 18.1. The predicted octanol–water partition coefficient (Wildman–Crippen LogP) is 3.25. The first kappa shape index (κ1) is 18.5. The Labute approximate surface area is 146 Å². The molecule has 6 heteroatoms. The van der Waals surface area contributed by atoms with Crippen LogP contribution >= 0.6 is 0 Å². The first-order valence-electron chi connectivity index (χ1n) is 7.53. The van der Waals surface area contributed by atoms with Gasteiger partial charge in [0.2, 0.25) is 0 Å². The maximum Gasteiger partial charge on any atom is 0.193 e. The van der Waals surface area contributed by atoms with Crippen LogP contribution in [-0.4, -0.2) is 38.7 Å². The predicted molar refractivity (Wildman–Crippen MR) is 92.9 cm³/mol. The third-order valence-electron chi connectivity index (χ3n) is 3.20. The molecule has 2 aromatic rings. The third-order valence-corrected chi connectivity index (χ3v) is 3.20. The molecule has 0 aliphatic carbocycles. The number of carbonyl (C=O) groups excluding carboxylic acids is 1. The largest absolute Gasteiger partial charge is 0.507 e. The van der Waals surface area contributed by atoms with Gasteiger partial charge in [0.15, 0.2) is 19.4 Å². The Morgan fingerprint density at radius 2 is 1.72 bits per heavy atom. The summed E-state index contributed by atoms with van der Waals surface area (Å²) in [7, 11) is 2.94. The van der Waals surface area contributed by atoms with Crippen molar-refractivity contribution in [2.24, 2.45) is 0 Å². The smallest absolute Gasteiger partial charge is 0.193 e. The molecule has 2 aromatic carbocycles. The zero-order valence-electron chi connectivity index (χ0n) is 14.1. The lowest BCUT2D eigenvalue weighted by atomic mass is 10.1. The Morgan fingerprint density at radius 1 is 1.04 bits per heavy atom. The van der Waals surface area contributed by atoms with Gasteiger partial charge in [-0.1, -0.05) is 36.4 Å². The first-order valence-corrected chi connectivity index (χ1v) is 7.53. The normalized spacial score (nSPS) is 10.8. The van der Waals surface area contributed by atoms with Gasteiger partial charge in [-0.05, 0) is 11.6 Å². The molecule has 0 amide bonds. The maximum atomic E-state index is 12.5. The summed E-state index contributed by atoms with van der Waals surface area (Å²) in [6, 6.07) is 12.2. The fourth-order valence-corrected chi connectivity index (χ4v) is 2.09. The van der Waals surface area contributed by atoms with E-state index in [4.69, 9.17) is 18.9 Å². The number of ether oxygens (including phenoxy) is 4. The summed E-state index contributed by atoms with van der Waals surface area (Å²) in [4.78, 5) is 12.5. The number of allylic oxidation sites excluding steroid dienone is 1. The lowest BCUT2D eigenvalue weighted by Crippen LogP contribution is -2.06. The highest BCUT2D eigenvalue weighted by atomic mass is 16.7. The molecular formula is C19H20O6. The number of hydrogen-bond donors (Lipinski definition) is 1. The van der Waals surface area contributed by atoms with E-state index in [2.05, 4.69) is 0 Å². The average molecular weight is 344 g/mol. The van der Waals surface area contributed by atoms with Gasteiger partial charge in [0, 0.05) is 26.4 Å². The lowest BCUT2D eigenvalue weighted by Gasteiger charge is -2.13. The van der Waals surface area contributed by atoms with Gasteiger partial charge in [0.25, 0.3) is 0 Å². The Kier molecular flexibility index (Phi) is 7.00. The second kappa shape index (κ2) is 9.46. The van der Waals surface area contributed by atoms with Crippen LogP contribution in [0.1, 0.15) is 15.9 Å². The van der Waals surface area contributed by atoms with Crippen LogP contribution in [0.5, 0.6) is 17.2 Å². The number of phenols is 1. The van der Waals surface area contributed by atoms with Crippen molar-refractivity contribution >= 4 is 11.9 Å². The second-order valence-electron chi connectivity index (χ2n) is 5.03. The molecule has 0 bridgehead atoms. The quantitative estimate of drug-likeness (QED) is 0.428. The molecule has 0 fully saturated rings. The molecule has 0 radical (unpaired) electrons. The summed E-state index contributed by atoms with van der Waals surface area (Å²) in [5, 5.41) is 10.2. The fourth-order valence-electron chi connectivity index (χ4n) is 2.09. The van der Waals surface area contributed by atoms with Crippen LogP contribution in [-0.2, 0) is 9.47 Å². The number of benzene rings is 2. The number of phenolic OH excluding ortho intramolecular Hbond substituents is 1. The average Bonchev–Trinajstić information content (AvgIpc) is 2.63. The molecule has 0 aliphatic rings. The number of carbonyl (C=O) groups is 1. The Balaban J connectivity index is 2.30. The summed E-state index contributed by atoms with van der Waals surface area (Å²) >= 11 is 0. The van der Waals surface area contributed by atoms with E-state index in [0.29, 0.717) is 5.75 Å². The molecule has 0 spiro atoms. The number of hydrogen-bond acceptors (Lipinski definition) is 6.